The summed E-state index contributed by atoms with van der Waals surface area (Å²) in [7, 11) is 0. The fourth-order valence-corrected chi connectivity index (χ4v) is 9.11. The minimum atomic E-state index is -0.0417. The Labute approximate surface area is 371 Å². The highest BCUT2D eigenvalue weighted by Gasteiger charge is 2.28. The van der Waals surface area contributed by atoms with Crippen molar-refractivity contribution in [1.29, 1.82) is 0 Å². The number of para-hydroxylation sites is 2. The molecule has 0 atom stereocenters. The first-order valence-electron chi connectivity index (χ1n) is 22.0. The molecule has 0 fully saturated rings. The molecule has 10 rings (SSSR count). The highest BCUT2D eigenvalue weighted by molar-refractivity contribution is 6.03. The van der Waals surface area contributed by atoms with Gasteiger partial charge >= 0.3 is 0 Å². The molecule has 0 aliphatic carbocycles. The fraction of sp³-hybridized carbons (Fsp3) is 0.153. The van der Waals surface area contributed by atoms with Gasteiger partial charge in [0.15, 0.2) is 0 Å². The molecule has 4 heteroatoms. The van der Waals surface area contributed by atoms with E-state index in [9.17, 15) is 0 Å². The molecule has 7 aromatic carbocycles. The molecule has 0 N–H and O–H groups in total. The normalized spacial score (nSPS) is 12.0. The molecule has 308 valence electrons. The summed E-state index contributed by atoms with van der Waals surface area (Å²) >= 11 is 0. The van der Waals surface area contributed by atoms with Crippen LogP contribution in [0.1, 0.15) is 58.4 Å². The van der Waals surface area contributed by atoms with Crippen LogP contribution in [0.4, 0.5) is 0 Å². The highest BCUT2D eigenvalue weighted by Crippen LogP contribution is 2.44. The molecule has 0 saturated heterocycles. The predicted molar refractivity (Wildman–Crippen MR) is 265 cm³/mol. The second kappa shape index (κ2) is 15.6. The summed E-state index contributed by atoms with van der Waals surface area (Å²) in [6.07, 6.45) is 1.91. The largest absolute Gasteiger partial charge is 0.313 e. The van der Waals surface area contributed by atoms with E-state index >= 15 is 0 Å². The smallest absolute Gasteiger partial charge is 0.148 e. The van der Waals surface area contributed by atoms with Crippen LogP contribution in [-0.2, 0) is 10.8 Å². The van der Waals surface area contributed by atoms with Gasteiger partial charge in [-0.15, -0.1) is 0 Å². The van der Waals surface area contributed by atoms with Crippen LogP contribution in [0.25, 0.3) is 89.3 Å². The predicted octanol–water partition coefficient (Wildman–Crippen LogP) is 15.6. The van der Waals surface area contributed by atoms with Crippen molar-refractivity contribution in [3.05, 3.63) is 205 Å². The monoisotopic (exact) mass is 816 g/mol. The Balaban J connectivity index is 1.27. The maximum absolute atomic E-state index is 5.82. The van der Waals surface area contributed by atoms with E-state index in [2.05, 4.69) is 240 Å². The quantitative estimate of drug-likeness (QED) is 0.161. The van der Waals surface area contributed by atoms with Gasteiger partial charge in [0.1, 0.15) is 5.82 Å². The van der Waals surface area contributed by atoms with Crippen molar-refractivity contribution < 1.29 is 0 Å². The van der Waals surface area contributed by atoms with Crippen LogP contribution < -0.4 is 0 Å². The molecule has 4 nitrogen and oxygen atoms in total. The van der Waals surface area contributed by atoms with Gasteiger partial charge in [0.25, 0.3) is 0 Å². The summed E-state index contributed by atoms with van der Waals surface area (Å²) in [5.74, 6) is 0.909. The second-order valence-electron chi connectivity index (χ2n) is 18.8. The molecule has 0 amide bonds. The minimum absolute atomic E-state index is 0.0254. The molecule has 0 bridgehead atoms. The molecule has 0 aliphatic heterocycles. The summed E-state index contributed by atoms with van der Waals surface area (Å²) in [6, 6.07) is 65.7. The van der Waals surface area contributed by atoms with Gasteiger partial charge in [-0.1, -0.05) is 169 Å². The Morgan fingerprint density at radius 2 is 1.06 bits per heavy atom. The number of rotatable bonds is 7. The van der Waals surface area contributed by atoms with E-state index in [0.29, 0.717) is 0 Å². The first-order valence-corrected chi connectivity index (χ1v) is 22.0. The standard InChI is InChI=1S/C59H52N4/c1-39-55(49-31-29-46(59(5,6)7)38-54(49)62(39)47-25-15-10-16-26-47)57-61-56-48(43-23-17-24-44(35-43)51-36-42(33-34-60-51)40-19-11-8-12-20-40)27-18-28-53(56)63(57)52-32-30-45(58(2,3)4)37-50(52)41-21-13-9-14-22-41/h8-38H,1-7H3. The maximum atomic E-state index is 5.82. The third-order valence-electron chi connectivity index (χ3n) is 12.5. The van der Waals surface area contributed by atoms with E-state index in [4.69, 9.17) is 9.97 Å². The molecule has 63 heavy (non-hydrogen) atoms. The zero-order valence-corrected chi connectivity index (χ0v) is 37.2. The number of pyridine rings is 1. The molecule has 0 unspecified atom stereocenters. The Bertz CT molecular complexity index is 3280. The Kier molecular flexibility index (Phi) is 9.83. The lowest BCUT2D eigenvalue weighted by atomic mass is 9.85. The second-order valence-corrected chi connectivity index (χ2v) is 18.8. The van der Waals surface area contributed by atoms with Gasteiger partial charge in [-0.05, 0) is 106 Å². The van der Waals surface area contributed by atoms with Gasteiger partial charge in [0, 0.05) is 45.2 Å². The van der Waals surface area contributed by atoms with Crippen LogP contribution >= 0.6 is 0 Å². The number of hydrogen-bond donors (Lipinski definition) is 0. The number of nitrogens with zero attached hydrogens (tertiary/aromatic N) is 4. The van der Waals surface area contributed by atoms with Crippen LogP contribution in [0.2, 0.25) is 0 Å². The first-order chi connectivity index (χ1) is 30.4. The molecule has 0 saturated carbocycles. The number of imidazole rings is 1. The van der Waals surface area contributed by atoms with E-state index < -0.39 is 0 Å². The molecule has 0 aliphatic rings. The SMILES string of the molecule is Cc1c(-c2nc3c(-c4cccc(-c5cc(-c6ccccc6)ccn5)c4)cccc3n2-c2ccc(C(C)(C)C)cc2-c2ccccc2)c2ccc(C(C)(C)C)cc2n1-c1ccccc1. The van der Waals surface area contributed by atoms with E-state index in [1.54, 1.807) is 0 Å². The Hall–Kier alpha value is -7.30. The summed E-state index contributed by atoms with van der Waals surface area (Å²) in [4.78, 5) is 10.7. The number of aromatic nitrogens is 4. The summed E-state index contributed by atoms with van der Waals surface area (Å²) < 4.78 is 4.85. The average molecular weight is 817 g/mol. The molecule has 3 heterocycles. The van der Waals surface area contributed by atoms with Crippen molar-refractivity contribution in [3.8, 4) is 67.4 Å². The van der Waals surface area contributed by atoms with E-state index in [0.717, 1.165) is 67.4 Å². The Morgan fingerprint density at radius 3 is 1.78 bits per heavy atom. The van der Waals surface area contributed by atoms with Gasteiger partial charge < -0.3 is 4.57 Å². The van der Waals surface area contributed by atoms with Gasteiger partial charge in [0.05, 0.1) is 27.9 Å². The van der Waals surface area contributed by atoms with Gasteiger partial charge in [-0.25, -0.2) is 4.98 Å². The maximum Gasteiger partial charge on any atom is 0.148 e. The topological polar surface area (TPSA) is 35.6 Å². The lowest BCUT2D eigenvalue weighted by molar-refractivity contribution is 0.590. The summed E-state index contributed by atoms with van der Waals surface area (Å²) in [5, 5.41) is 1.17. The molecule has 3 aromatic heterocycles. The van der Waals surface area contributed by atoms with Crippen molar-refractivity contribution in [2.75, 3.05) is 0 Å². The van der Waals surface area contributed by atoms with Gasteiger partial charge in [0.2, 0.25) is 0 Å². The molecular formula is C59H52N4. The molecular weight excluding hydrogens is 765 g/mol. The average Bonchev–Trinajstić information content (AvgIpc) is 3.83. The van der Waals surface area contributed by atoms with Crippen molar-refractivity contribution in [1.82, 2.24) is 19.1 Å². The zero-order valence-electron chi connectivity index (χ0n) is 37.2. The number of fused-ring (bicyclic) bond motifs is 2. The van der Waals surface area contributed by atoms with E-state index in [-0.39, 0.29) is 10.8 Å². The lowest BCUT2D eigenvalue weighted by Gasteiger charge is -2.23. The number of benzene rings is 7. The van der Waals surface area contributed by atoms with Crippen molar-refractivity contribution in [3.63, 3.8) is 0 Å². The van der Waals surface area contributed by atoms with E-state index in [1.807, 2.05) is 6.20 Å². The van der Waals surface area contributed by atoms with Crippen LogP contribution in [0.5, 0.6) is 0 Å². The number of hydrogen-bond acceptors (Lipinski definition) is 2. The lowest BCUT2D eigenvalue weighted by Crippen LogP contribution is -2.12. The molecule has 0 radical (unpaired) electrons. The third-order valence-corrected chi connectivity index (χ3v) is 12.5. The molecule has 0 spiro atoms. The van der Waals surface area contributed by atoms with Crippen LogP contribution in [0.15, 0.2) is 188 Å². The van der Waals surface area contributed by atoms with Crippen LogP contribution in [0.3, 0.4) is 0 Å². The van der Waals surface area contributed by atoms with Crippen LogP contribution in [-0.4, -0.2) is 19.1 Å². The van der Waals surface area contributed by atoms with Crippen molar-refractivity contribution >= 4 is 21.9 Å². The van der Waals surface area contributed by atoms with Crippen molar-refractivity contribution in [2.24, 2.45) is 0 Å². The molecule has 10 aromatic rings. The fourth-order valence-electron chi connectivity index (χ4n) is 9.11. The first kappa shape index (κ1) is 39.8. The van der Waals surface area contributed by atoms with Crippen molar-refractivity contribution in [2.45, 2.75) is 59.3 Å². The zero-order chi connectivity index (χ0) is 43.5. The van der Waals surface area contributed by atoms with Gasteiger partial charge in [-0.3, -0.25) is 9.55 Å². The van der Waals surface area contributed by atoms with Gasteiger partial charge in [-0.2, -0.15) is 0 Å². The van der Waals surface area contributed by atoms with E-state index in [1.165, 1.54) is 38.7 Å². The summed E-state index contributed by atoms with van der Waals surface area (Å²) in [5.41, 5.74) is 18.9. The third kappa shape index (κ3) is 7.26. The highest BCUT2D eigenvalue weighted by atomic mass is 15.1. The van der Waals surface area contributed by atoms with Crippen LogP contribution in [0, 0.1) is 6.92 Å². The Morgan fingerprint density at radius 1 is 0.444 bits per heavy atom. The summed E-state index contributed by atoms with van der Waals surface area (Å²) in [6.45, 7) is 16.0. The minimum Gasteiger partial charge on any atom is -0.313 e.